The predicted molar refractivity (Wildman–Crippen MR) is 78.2 cm³/mol. The lowest BCUT2D eigenvalue weighted by Crippen LogP contribution is -2.28. The van der Waals surface area contributed by atoms with E-state index in [0.717, 1.165) is 0 Å². The fourth-order valence-corrected chi connectivity index (χ4v) is 2.09. The van der Waals surface area contributed by atoms with Gasteiger partial charge in [0.05, 0.1) is 11.6 Å². The first-order valence-corrected chi connectivity index (χ1v) is 6.30. The molecule has 0 aliphatic rings. The minimum Gasteiger partial charge on any atom is -0.370 e. The van der Waals surface area contributed by atoms with Crippen molar-refractivity contribution in [3.8, 4) is 6.07 Å². The van der Waals surface area contributed by atoms with Crippen molar-refractivity contribution < 1.29 is 4.79 Å². The number of carbonyl (C=O) groups is 1. The molecule has 0 aliphatic carbocycles. The zero-order valence-electron chi connectivity index (χ0n) is 10.5. The van der Waals surface area contributed by atoms with Crippen molar-refractivity contribution in [2.75, 3.05) is 5.32 Å². The Labute approximate surface area is 121 Å². The van der Waals surface area contributed by atoms with Crippen LogP contribution in [0.25, 0.3) is 0 Å². The van der Waals surface area contributed by atoms with E-state index >= 15 is 0 Å². The van der Waals surface area contributed by atoms with Crippen molar-refractivity contribution >= 4 is 23.2 Å². The van der Waals surface area contributed by atoms with Gasteiger partial charge in [0.2, 0.25) is 5.91 Å². The number of hydrogen-bond acceptors (Lipinski definition) is 3. The third kappa shape index (κ3) is 3.08. The van der Waals surface area contributed by atoms with Gasteiger partial charge in [-0.1, -0.05) is 35.9 Å². The highest BCUT2D eigenvalue weighted by Gasteiger charge is 2.20. The standard InChI is InChI=1S/C15H12ClN3O/c16-11-5-3-6-12(8-11)19-14(15(18)20)13-7-2-1-4-10(13)9-17/h1-8,14,19H,(H2,18,20). The average molecular weight is 286 g/mol. The zero-order chi connectivity index (χ0) is 14.5. The fraction of sp³-hybridized carbons (Fsp3) is 0.0667. The number of nitriles is 1. The van der Waals surface area contributed by atoms with Crippen LogP contribution in [0.3, 0.4) is 0 Å². The van der Waals surface area contributed by atoms with Crippen molar-refractivity contribution in [1.82, 2.24) is 0 Å². The van der Waals surface area contributed by atoms with Crippen LogP contribution in [-0.4, -0.2) is 5.91 Å². The van der Waals surface area contributed by atoms with Crippen LogP contribution < -0.4 is 11.1 Å². The minimum absolute atomic E-state index is 0.408. The lowest BCUT2D eigenvalue weighted by Gasteiger charge is -2.18. The molecular formula is C15H12ClN3O. The number of benzene rings is 2. The van der Waals surface area contributed by atoms with Crippen LogP contribution >= 0.6 is 11.6 Å². The van der Waals surface area contributed by atoms with Crippen LogP contribution in [0, 0.1) is 11.3 Å². The summed E-state index contributed by atoms with van der Waals surface area (Å²) in [6.07, 6.45) is 0. The molecule has 0 radical (unpaired) electrons. The molecule has 100 valence electrons. The first kappa shape index (κ1) is 13.9. The molecule has 0 fully saturated rings. The Balaban J connectivity index is 2.38. The van der Waals surface area contributed by atoms with Gasteiger partial charge in [-0.2, -0.15) is 5.26 Å². The van der Waals surface area contributed by atoms with Gasteiger partial charge in [-0.15, -0.1) is 0 Å². The second-order valence-corrected chi connectivity index (χ2v) is 4.63. The maximum atomic E-state index is 11.7. The number of amides is 1. The Hall–Kier alpha value is -2.51. The number of nitrogens with one attached hydrogen (secondary N) is 1. The summed E-state index contributed by atoms with van der Waals surface area (Å²) in [6, 6.07) is 15.1. The number of rotatable bonds is 4. The highest BCUT2D eigenvalue weighted by molar-refractivity contribution is 6.30. The van der Waals surface area contributed by atoms with E-state index in [4.69, 9.17) is 22.6 Å². The molecule has 4 nitrogen and oxygen atoms in total. The predicted octanol–water partition coefficient (Wildman–Crippen LogP) is 2.85. The molecule has 0 aliphatic heterocycles. The quantitative estimate of drug-likeness (QED) is 0.906. The van der Waals surface area contributed by atoms with E-state index in [1.165, 1.54) is 0 Å². The molecule has 2 aromatic carbocycles. The molecule has 20 heavy (non-hydrogen) atoms. The Morgan fingerprint density at radius 2 is 2.00 bits per heavy atom. The number of hydrogen-bond donors (Lipinski definition) is 2. The molecule has 1 amide bonds. The Kier molecular flexibility index (Phi) is 4.24. The second-order valence-electron chi connectivity index (χ2n) is 4.19. The molecule has 0 heterocycles. The normalized spacial score (nSPS) is 11.4. The van der Waals surface area contributed by atoms with Crippen LogP contribution in [0.4, 0.5) is 5.69 Å². The minimum atomic E-state index is -0.788. The van der Waals surface area contributed by atoms with Gasteiger partial charge >= 0.3 is 0 Å². The van der Waals surface area contributed by atoms with Crippen LogP contribution in [0.5, 0.6) is 0 Å². The van der Waals surface area contributed by atoms with Crippen molar-refractivity contribution in [1.29, 1.82) is 5.26 Å². The molecular weight excluding hydrogens is 274 g/mol. The third-order valence-electron chi connectivity index (χ3n) is 2.81. The molecule has 0 bridgehead atoms. The van der Waals surface area contributed by atoms with Gasteiger partial charge in [0.25, 0.3) is 0 Å². The van der Waals surface area contributed by atoms with E-state index in [1.54, 1.807) is 48.5 Å². The van der Waals surface area contributed by atoms with Gasteiger partial charge < -0.3 is 11.1 Å². The molecule has 0 aromatic heterocycles. The highest BCUT2D eigenvalue weighted by atomic mass is 35.5. The molecule has 0 saturated heterocycles. The number of primary amides is 1. The Bertz CT molecular complexity index is 679. The molecule has 1 unspecified atom stereocenters. The molecule has 2 rings (SSSR count). The maximum absolute atomic E-state index is 11.7. The monoisotopic (exact) mass is 285 g/mol. The van der Waals surface area contributed by atoms with Crippen LogP contribution in [0.2, 0.25) is 5.02 Å². The maximum Gasteiger partial charge on any atom is 0.244 e. The highest BCUT2D eigenvalue weighted by Crippen LogP contribution is 2.24. The van der Waals surface area contributed by atoms with E-state index < -0.39 is 11.9 Å². The van der Waals surface area contributed by atoms with Crippen LogP contribution in [0.15, 0.2) is 48.5 Å². The molecule has 2 aromatic rings. The topological polar surface area (TPSA) is 78.9 Å². The number of carbonyl (C=O) groups excluding carboxylic acids is 1. The summed E-state index contributed by atoms with van der Waals surface area (Å²) in [4.78, 5) is 11.7. The van der Waals surface area contributed by atoms with E-state index in [1.807, 2.05) is 0 Å². The lowest BCUT2D eigenvalue weighted by atomic mass is 10.0. The number of nitrogens with zero attached hydrogens (tertiary/aromatic N) is 1. The second kappa shape index (κ2) is 6.09. The first-order valence-electron chi connectivity index (χ1n) is 5.92. The van der Waals surface area contributed by atoms with Crippen molar-refractivity contribution in [3.63, 3.8) is 0 Å². The summed E-state index contributed by atoms with van der Waals surface area (Å²) < 4.78 is 0. The van der Waals surface area contributed by atoms with E-state index in [2.05, 4.69) is 11.4 Å². The number of halogens is 1. The summed E-state index contributed by atoms with van der Waals surface area (Å²) in [6.45, 7) is 0. The lowest BCUT2D eigenvalue weighted by molar-refractivity contribution is -0.118. The Morgan fingerprint density at radius 3 is 2.65 bits per heavy atom. The number of anilines is 1. The van der Waals surface area contributed by atoms with Gasteiger partial charge in [0.15, 0.2) is 0 Å². The SMILES string of the molecule is N#Cc1ccccc1C(Nc1cccc(Cl)c1)C(N)=O. The average Bonchev–Trinajstić information content (AvgIpc) is 2.44. The van der Waals surface area contributed by atoms with Gasteiger partial charge in [0.1, 0.15) is 6.04 Å². The Morgan fingerprint density at radius 1 is 1.25 bits per heavy atom. The third-order valence-corrected chi connectivity index (χ3v) is 3.05. The summed E-state index contributed by atoms with van der Waals surface area (Å²) in [5, 5.41) is 12.7. The van der Waals surface area contributed by atoms with Crippen molar-refractivity contribution in [2.45, 2.75) is 6.04 Å². The molecule has 0 saturated carbocycles. The zero-order valence-corrected chi connectivity index (χ0v) is 11.3. The van der Waals surface area contributed by atoms with Crippen LogP contribution in [-0.2, 0) is 4.79 Å². The van der Waals surface area contributed by atoms with Gasteiger partial charge in [0, 0.05) is 16.3 Å². The smallest absolute Gasteiger partial charge is 0.244 e. The molecule has 5 heteroatoms. The summed E-state index contributed by atoms with van der Waals surface area (Å²) >= 11 is 5.90. The molecule has 1 atom stereocenters. The fourth-order valence-electron chi connectivity index (χ4n) is 1.90. The van der Waals surface area contributed by atoms with Crippen molar-refractivity contribution in [2.24, 2.45) is 5.73 Å². The summed E-state index contributed by atoms with van der Waals surface area (Å²) in [7, 11) is 0. The number of nitrogens with two attached hydrogens (primary N) is 1. The van der Waals surface area contributed by atoms with Crippen molar-refractivity contribution in [3.05, 3.63) is 64.7 Å². The largest absolute Gasteiger partial charge is 0.370 e. The summed E-state index contributed by atoms with van der Waals surface area (Å²) in [5.74, 6) is -0.562. The first-order chi connectivity index (χ1) is 9.61. The molecule has 3 N–H and O–H groups in total. The van der Waals surface area contributed by atoms with E-state index in [9.17, 15) is 4.79 Å². The van der Waals surface area contributed by atoms with Gasteiger partial charge in [-0.25, -0.2) is 0 Å². The molecule has 0 spiro atoms. The van der Waals surface area contributed by atoms with Gasteiger partial charge in [-0.3, -0.25) is 4.79 Å². The summed E-state index contributed by atoms with van der Waals surface area (Å²) in [5.41, 5.74) is 7.05. The van der Waals surface area contributed by atoms with E-state index in [0.29, 0.717) is 21.8 Å². The van der Waals surface area contributed by atoms with Gasteiger partial charge in [-0.05, 0) is 24.3 Å². The van der Waals surface area contributed by atoms with Crippen LogP contribution in [0.1, 0.15) is 17.2 Å². The van der Waals surface area contributed by atoms with E-state index in [-0.39, 0.29) is 0 Å².